The fraction of sp³-hybridized carbons (Fsp3) is 0.417. The van der Waals surface area contributed by atoms with Crippen molar-refractivity contribution in [3.63, 3.8) is 0 Å². The molecule has 14 heavy (non-hydrogen) atoms. The standard InChI is InChI=1S/C12H15N2/c1-12(2,3)9-5-6-10-11(7-9)14(4)8-13-10/h5-7H,1-4H3. The predicted molar refractivity (Wildman–Crippen MR) is 58.3 cm³/mol. The predicted octanol–water partition coefficient (Wildman–Crippen LogP) is 2.67. The van der Waals surface area contributed by atoms with E-state index in [9.17, 15) is 0 Å². The summed E-state index contributed by atoms with van der Waals surface area (Å²) < 4.78 is 1.94. The summed E-state index contributed by atoms with van der Waals surface area (Å²) >= 11 is 0. The Hall–Kier alpha value is -1.31. The molecule has 0 N–H and O–H groups in total. The zero-order chi connectivity index (χ0) is 10.3. The van der Waals surface area contributed by atoms with E-state index >= 15 is 0 Å². The van der Waals surface area contributed by atoms with Crippen LogP contribution in [0.5, 0.6) is 0 Å². The zero-order valence-corrected chi connectivity index (χ0v) is 9.13. The van der Waals surface area contributed by atoms with Gasteiger partial charge in [-0.05, 0) is 23.1 Å². The van der Waals surface area contributed by atoms with E-state index in [-0.39, 0.29) is 5.41 Å². The number of imidazole rings is 1. The van der Waals surface area contributed by atoms with Gasteiger partial charge in [0.1, 0.15) is 0 Å². The van der Waals surface area contributed by atoms with E-state index in [1.165, 1.54) is 5.56 Å². The Kier molecular flexibility index (Phi) is 1.88. The van der Waals surface area contributed by atoms with Crippen molar-refractivity contribution in [2.75, 3.05) is 0 Å². The van der Waals surface area contributed by atoms with Crippen LogP contribution in [0, 0.1) is 6.33 Å². The highest BCUT2D eigenvalue weighted by Gasteiger charge is 2.14. The first-order valence-corrected chi connectivity index (χ1v) is 4.83. The second-order valence-corrected chi connectivity index (χ2v) is 4.72. The molecule has 0 aliphatic heterocycles. The first kappa shape index (κ1) is 9.25. The Bertz CT molecular complexity index is 461. The van der Waals surface area contributed by atoms with E-state index in [2.05, 4.69) is 50.3 Å². The molecule has 0 fully saturated rings. The molecule has 73 valence electrons. The highest BCUT2D eigenvalue weighted by Crippen LogP contribution is 2.25. The van der Waals surface area contributed by atoms with Crippen LogP contribution in [0.15, 0.2) is 18.2 Å². The van der Waals surface area contributed by atoms with Gasteiger partial charge in [-0.1, -0.05) is 26.8 Å². The zero-order valence-electron chi connectivity index (χ0n) is 9.13. The van der Waals surface area contributed by atoms with Gasteiger partial charge in [0, 0.05) is 7.05 Å². The summed E-state index contributed by atoms with van der Waals surface area (Å²) in [7, 11) is 1.97. The van der Waals surface area contributed by atoms with Gasteiger partial charge < -0.3 is 4.57 Å². The Morgan fingerprint density at radius 2 is 2.00 bits per heavy atom. The van der Waals surface area contributed by atoms with Crippen molar-refractivity contribution in [2.24, 2.45) is 7.05 Å². The van der Waals surface area contributed by atoms with E-state index in [0.717, 1.165) is 11.0 Å². The van der Waals surface area contributed by atoms with Crippen LogP contribution in [0.25, 0.3) is 11.0 Å². The monoisotopic (exact) mass is 187 g/mol. The molecule has 0 atom stereocenters. The largest absolute Gasteiger partial charge is 0.324 e. The van der Waals surface area contributed by atoms with Crippen LogP contribution in [0.2, 0.25) is 0 Å². The van der Waals surface area contributed by atoms with Crippen LogP contribution < -0.4 is 0 Å². The Balaban J connectivity index is 2.66. The fourth-order valence-corrected chi connectivity index (χ4v) is 1.54. The highest BCUT2D eigenvalue weighted by atomic mass is 15.0. The second-order valence-electron chi connectivity index (χ2n) is 4.72. The Morgan fingerprint density at radius 3 is 2.64 bits per heavy atom. The molecule has 1 aromatic heterocycles. The van der Waals surface area contributed by atoms with Gasteiger partial charge in [-0.2, -0.15) is 0 Å². The van der Waals surface area contributed by atoms with Crippen LogP contribution in [0.4, 0.5) is 0 Å². The number of benzene rings is 1. The molecule has 0 spiro atoms. The summed E-state index contributed by atoms with van der Waals surface area (Å²) in [6.45, 7) is 6.65. The van der Waals surface area contributed by atoms with Crippen LogP contribution in [-0.4, -0.2) is 9.55 Å². The van der Waals surface area contributed by atoms with Crippen molar-refractivity contribution < 1.29 is 0 Å². The first-order chi connectivity index (χ1) is 6.48. The van der Waals surface area contributed by atoms with E-state index in [0.29, 0.717) is 0 Å². The summed E-state index contributed by atoms with van der Waals surface area (Å²) in [5.41, 5.74) is 3.69. The summed E-state index contributed by atoms with van der Waals surface area (Å²) in [6.07, 6.45) is 2.92. The molecule has 0 unspecified atom stereocenters. The van der Waals surface area contributed by atoms with Crippen molar-refractivity contribution in [2.45, 2.75) is 26.2 Å². The lowest BCUT2D eigenvalue weighted by atomic mass is 9.87. The topological polar surface area (TPSA) is 17.8 Å². The number of rotatable bonds is 0. The van der Waals surface area contributed by atoms with E-state index in [4.69, 9.17) is 0 Å². The third-order valence-electron chi connectivity index (χ3n) is 2.52. The van der Waals surface area contributed by atoms with Gasteiger partial charge in [0.25, 0.3) is 0 Å². The molecule has 1 aromatic carbocycles. The number of hydrogen-bond acceptors (Lipinski definition) is 1. The summed E-state index contributed by atoms with van der Waals surface area (Å²) in [5, 5.41) is 0. The molecule has 0 aliphatic carbocycles. The van der Waals surface area contributed by atoms with Crippen LogP contribution in [-0.2, 0) is 12.5 Å². The maximum absolute atomic E-state index is 4.18. The normalized spacial score (nSPS) is 12.3. The molecular weight excluding hydrogens is 172 g/mol. The van der Waals surface area contributed by atoms with Gasteiger partial charge in [0.15, 0.2) is 6.33 Å². The quantitative estimate of drug-likeness (QED) is 0.620. The van der Waals surface area contributed by atoms with Crippen LogP contribution in [0.3, 0.4) is 0 Å². The first-order valence-electron chi connectivity index (χ1n) is 4.83. The highest BCUT2D eigenvalue weighted by molar-refractivity contribution is 5.76. The van der Waals surface area contributed by atoms with Gasteiger partial charge in [0.05, 0.1) is 11.0 Å². The minimum atomic E-state index is 0.193. The number of nitrogens with zero attached hydrogens (tertiary/aromatic N) is 2. The van der Waals surface area contributed by atoms with Gasteiger partial charge >= 0.3 is 0 Å². The lowest BCUT2D eigenvalue weighted by Crippen LogP contribution is -2.10. The maximum Gasteiger partial charge on any atom is 0.177 e. The molecule has 0 bridgehead atoms. The van der Waals surface area contributed by atoms with Gasteiger partial charge in [-0.15, -0.1) is 0 Å². The lowest BCUT2D eigenvalue weighted by Gasteiger charge is -2.18. The van der Waals surface area contributed by atoms with Crippen LogP contribution in [0.1, 0.15) is 26.3 Å². The molecule has 0 saturated carbocycles. The molecule has 2 heteroatoms. The van der Waals surface area contributed by atoms with Crippen LogP contribution >= 0.6 is 0 Å². The van der Waals surface area contributed by atoms with Crippen molar-refractivity contribution in [3.8, 4) is 0 Å². The lowest BCUT2D eigenvalue weighted by molar-refractivity contribution is 0.591. The molecule has 2 nitrogen and oxygen atoms in total. The second kappa shape index (κ2) is 2.84. The molecule has 2 rings (SSSR count). The molecule has 1 radical (unpaired) electrons. The van der Waals surface area contributed by atoms with Crippen molar-refractivity contribution >= 4 is 11.0 Å². The van der Waals surface area contributed by atoms with Crippen molar-refractivity contribution in [3.05, 3.63) is 30.1 Å². The molecule has 0 aliphatic rings. The summed E-state index contributed by atoms with van der Waals surface area (Å²) in [6, 6.07) is 6.40. The Morgan fingerprint density at radius 1 is 1.29 bits per heavy atom. The Labute approximate surface area is 84.6 Å². The minimum absolute atomic E-state index is 0.193. The molecule has 2 aromatic rings. The minimum Gasteiger partial charge on any atom is -0.324 e. The number of aromatic nitrogens is 2. The van der Waals surface area contributed by atoms with Gasteiger partial charge in [0.2, 0.25) is 0 Å². The van der Waals surface area contributed by atoms with E-state index in [1.807, 2.05) is 11.6 Å². The summed E-state index contributed by atoms with van der Waals surface area (Å²) in [5.74, 6) is 0. The SMILES string of the molecule is Cn1[c]nc2ccc(C(C)(C)C)cc21. The molecule has 1 heterocycles. The third-order valence-corrected chi connectivity index (χ3v) is 2.52. The maximum atomic E-state index is 4.18. The molecule has 0 amide bonds. The number of aryl methyl sites for hydroxylation is 1. The number of hydrogen-bond donors (Lipinski definition) is 0. The molecular formula is C12H15N2. The number of fused-ring (bicyclic) bond motifs is 1. The van der Waals surface area contributed by atoms with Gasteiger partial charge in [-0.3, -0.25) is 0 Å². The van der Waals surface area contributed by atoms with Crippen molar-refractivity contribution in [1.82, 2.24) is 9.55 Å². The average Bonchev–Trinajstić information content (AvgIpc) is 2.46. The van der Waals surface area contributed by atoms with E-state index in [1.54, 1.807) is 0 Å². The fourth-order valence-electron chi connectivity index (χ4n) is 1.54. The van der Waals surface area contributed by atoms with Crippen molar-refractivity contribution in [1.29, 1.82) is 0 Å². The van der Waals surface area contributed by atoms with Gasteiger partial charge in [-0.25, -0.2) is 4.98 Å². The van der Waals surface area contributed by atoms with E-state index < -0.39 is 0 Å². The smallest absolute Gasteiger partial charge is 0.177 e. The molecule has 0 saturated heterocycles. The summed E-state index contributed by atoms with van der Waals surface area (Å²) in [4.78, 5) is 4.18. The average molecular weight is 187 g/mol. The third kappa shape index (κ3) is 1.41.